The summed E-state index contributed by atoms with van der Waals surface area (Å²) in [5.74, 6) is 0.0357. The minimum atomic E-state index is 0.0357. The van der Waals surface area contributed by atoms with Crippen LogP contribution in [0.1, 0.15) is 26.4 Å². The Bertz CT molecular complexity index is 570. The fourth-order valence-corrected chi connectivity index (χ4v) is 3.09. The monoisotopic (exact) mass is 309 g/mol. The van der Waals surface area contributed by atoms with Gasteiger partial charge in [-0.25, -0.2) is 0 Å². The van der Waals surface area contributed by atoms with Crippen molar-refractivity contribution in [1.82, 2.24) is 0 Å². The van der Waals surface area contributed by atoms with E-state index in [1.54, 1.807) is 0 Å². The van der Waals surface area contributed by atoms with Crippen molar-refractivity contribution in [3.05, 3.63) is 49.6 Å². The second kappa shape index (κ2) is 4.63. The number of nitrogens with two attached hydrogens (primary N) is 1. The highest BCUT2D eigenvalue weighted by molar-refractivity contribution is 9.11. The largest absolute Gasteiger partial charge is 0.398 e. The maximum absolute atomic E-state index is 12.3. The normalized spacial score (nSPS) is 10.5. The van der Waals surface area contributed by atoms with Crippen molar-refractivity contribution in [3.63, 3.8) is 0 Å². The Morgan fingerprint density at radius 1 is 1.35 bits per heavy atom. The highest BCUT2D eigenvalue weighted by atomic mass is 79.9. The van der Waals surface area contributed by atoms with E-state index < -0.39 is 0 Å². The van der Waals surface area contributed by atoms with Crippen molar-refractivity contribution in [2.24, 2.45) is 0 Å². The first-order valence-electron chi connectivity index (χ1n) is 5.16. The van der Waals surface area contributed by atoms with Gasteiger partial charge in [0.15, 0.2) is 0 Å². The van der Waals surface area contributed by atoms with Crippen LogP contribution in [0, 0.1) is 13.8 Å². The van der Waals surface area contributed by atoms with Crippen LogP contribution in [0.4, 0.5) is 5.69 Å². The topological polar surface area (TPSA) is 43.1 Å². The second-order valence-electron chi connectivity index (χ2n) is 3.92. The molecule has 1 aromatic heterocycles. The van der Waals surface area contributed by atoms with E-state index in [1.165, 1.54) is 11.3 Å². The van der Waals surface area contributed by atoms with Crippen LogP contribution >= 0.6 is 27.3 Å². The number of aryl methyl sites for hydroxylation is 1. The van der Waals surface area contributed by atoms with Gasteiger partial charge in [0.05, 0.1) is 8.66 Å². The molecule has 1 heterocycles. The molecule has 0 aliphatic carbocycles. The maximum Gasteiger partial charge on any atom is 0.203 e. The van der Waals surface area contributed by atoms with Gasteiger partial charge < -0.3 is 5.73 Å². The number of nitrogen functional groups attached to an aromatic ring is 1. The third-order valence-electron chi connectivity index (χ3n) is 2.70. The lowest BCUT2D eigenvalue weighted by Crippen LogP contribution is -2.03. The van der Waals surface area contributed by atoms with Crippen LogP contribution in [-0.4, -0.2) is 5.78 Å². The van der Waals surface area contributed by atoms with Gasteiger partial charge in [0.25, 0.3) is 0 Å². The van der Waals surface area contributed by atoms with Crippen molar-refractivity contribution < 1.29 is 4.79 Å². The van der Waals surface area contributed by atoms with Gasteiger partial charge in [0.2, 0.25) is 5.78 Å². The van der Waals surface area contributed by atoms with Gasteiger partial charge in [-0.05, 0) is 53.0 Å². The van der Waals surface area contributed by atoms with Gasteiger partial charge in [0.1, 0.15) is 0 Å². The molecule has 0 saturated carbocycles. The van der Waals surface area contributed by atoms with E-state index in [-0.39, 0.29) is 5.78 Å². The number of hydrogen-bond acceptors (Lipinski definition) is 3. The standard InChI is InChI=1S/C13H12BrNOS/c1-7-6-11(17-13(7)14)12(16)9-4-3-5-10(15)8(9)2/h3-6H,15H2,1-2H3. The summed E-state index contributed by atoms with van der Waals surface area (Å²) in [5, 5.41) is 0. The van der Waals surface area contributed by atoms with E-state index in [1.807, 2.05) is 38.1 Å². The Morgan fingerprint density at radius 3 is 2.65 bits per heavy atom. The zero-order valence-corrected chi connectivity index (χ0v) is 12.0. The number of benzene rings is 1. The van der Waals surface area contributed by atoms with Gasteiger partial charge in [-0.15, -0.1) is 11.3 Å². The van der Waals surface area contributed by atoms with E-state index >= 15 is 0 Å². The molecule has 2 rings (SSSR count). The molecule has 1 aromatic carbocycles. The SMILES string of the molecule is Cc1cc(C(=O)c2cccc(N)c2C)sc1Br. The summed E-state index contributed by atoms with van der Waals surface area (Å²) in [5.41, 5.74) is 9.08. The molecule has 0 atom stereocenters. The highest BCUT2D eigenvalue weighted by Gasteiger charge is 2.16. The third kappa shape index (κ3) is 2.28. The predicted octanol–water partition coefficient (Wildman–Crippen LogP) is 3.94. The first-order chi connectivity index (χ1) is 8.00. The average molecular weight is 310 g/mol. The predicted molar refractivity (Wildman–Crippen MR) is 75.8 cm³/mol. The summed E-state index contributed by atoms with van der Waals surface area (Å²) in [6.45, 7) is 3.85. The van der Waals surface area contributed by atoms with Crippen molar-refractivity contribution in [1.29, 1.82) is 0 Å². The fraction of sp³-hybridized carbons (Fsp3) is 0.154. The first-order valence-corrected chi connectivity index (χ1v) is 6.77. The van der Waals surface area contributed by atoms with Crippen molar-refractivity contribution in [3.8, 4) is 0 Å². The fourth-order valence-electron chi connectivity index (χ4n) is 1.60. The van der Waals surface area contributed by atoms with E-state index in [4.69, 9.17) is 5.73 Å². The lowest BCUT2D eigenvalue weighted by atomic mass is 10.0. The summed E-state index contributed by atoms with van der Waals surface area (Å²) < 4.78 is 1.00. The molecule has 0 saturated heterocycles. The lowest BCUT2D eigenvalue weighted by molar-refractivity contribution is 0.104. The quantitative estimate of drug-likeness (QED) is 0.674. The molecule has 0 radical (unpaired) electrons. The molecule has 17 heavy (non-hydrogen) atoms. The molecule has 88 valence electrons. The van der Waals surface area contributed by atoms with E-state index in [2.05, 4.69) is 15.9 Å². The number of carbonyl (C=O) groups is 1. The Balaban J connectivity index is 2.47. The van der Waals surface area contributed by atoms with Crippen molar-refractivity contribution in [2.75, 3.05) is 5.73 Å². The summed E-state index contributed by atoms with van der Waals surface area (Å²) in [4.78, 5) is 13.1. The molecule has 2 N–H and O–H groups in total. The van der Waals surface area contributed by atoms with Crippen LogP contribution in [0.25, 0.3) is 0 Å². The molecule has 0 unspecified atom stereocenters. The lowest BCUT2D eigenvalue weighted by Gasteiger charge is -2.05. The number of thiophene rings is 1. The molecule has 2 nitrogen and oxygen atoms in total. The second-order valence-corrected chi connectivity index (χ2v) is 6.29. The number of anilines is 1. The molecule has 2 aromatic rings. The van der Waals surface area contributed by atoms with Crippen LogP contribution in [0.3, 0.4) is 0 Å². The van der Waals surface area contributed by atoms with Crippen LogP contribution in [-0.2, 0) is 0 Å². The third-order valence-corrected chi connectivity index (χ3v) is 4.84. The Kier molecular flexibility index (Phi) is 3.35. The van der Waals surface area contributed by atoms with Crippen LogP contribution < -0.4 is 5.73 Å². The van der Waals surface area contributed by atoms with Crippen molar-refractivity contribution >= 4 is 38.7 Å². The summed E-state index contributed by atoms with van der Waals surface area (Å²) in [6.07, 6.45) is 0. The average Bonchev–Trinajstić information content (AvgIpc) is 2.62. The minimum Gasteiger partial charge on any atom is -0.398 e. The first kappa shape index (κ1) is 12.3. The van der Waals surface area contributed by atoms with Gasteiger partial charge >= 0.3 is 0 Å². The molecule has 4 heteroatoms. The number of carbonyl (C=O) groups excluding carboxylic acids is 1. The Hall–Kier alpha value is -1.13. The number of rotatable bonds is 2. The molecule has 0 amide bonds. The summed E-state index contributed by atoms with van der Waals surface area (Å²) in [6, 6.07) is 7.34. The minimum absolute atomic E-state index is 0.0357. The van der Waals surface area contributed by atoms with Gasteiger partial charge in [-0.3, -0.25) is 4.79 Å². The molecular formula is C13H12BrNOS. The number of hydrogen-bond donors (Lipinski definition) is 1. The smallest absolute Gasteiger partial charge is 0.203 e. The Labute approximate surface area is 113 Å². The number of ketones is 1. The molecule has 0 aliphatic heterocycles. The van der Waals surface area contributed by atoms with E-state index in [0.717, 1.165) is 19.8 Å². The molecule has 0 aliphatic rings. The number of halogens is 1. The highest BCUT2D eigenvalue weighted by Crippen LogP contribution is 2.30. The van der Waals surface area contributed by atoms with Gasteiger partial charge in [-0.1, -0.05) is 12.1 Å². The van der Waals surface area contributed by atoms with Crippen LogP contribution in [0.5, 0.6) is 0 Å². The molecule has 0 fully saturated rings. The molecule has 0 bridgehead atoms. The Morgan fingerprint density at radius 2 is 2.06 bits per heavy atom. The molecular weight excluding hydrogens is 298 g/mol. The van der Waals surface area contributed by atoms with Gasteiger partial charge in [0, 0.05) is 11.3 Å². The summed E-state index contributed by atoms with van der Waals surface area (Å²) in [7, 11) is 0. The summed E-state index contributed by atoms with van der Waals surface area (Å²) >= 11 is 4.89. The zero-order chi connectivity index (χ0) is 12.6. The maximum atomic E-state index is 12.3. The molecule has 0 spiro atoms. The van der Waals surface area contributed by atoms with E-state index in [9.17, 15) is 4.79 Å². The van der Waals surface area contributed by atoms with Gasteiger partial charge in [-0.2, -0.15) is 0 Å². The van der Waals surface area contributed by atoms with Crippen LogP contribution in [0.2, 0.25) is 0 Å². The van der Waals surface area contributed by atoms with Crippen LogP contribution in [0.15, 0.2) is 28.1 Å². The van der Waals surface area contributed by atoms with Crippen molar-refractivity contribution in [2.45, 2.75) is 13.8 Å². The van der Waals surface area contributed by atoms with E-state index in [0.29, 0.717) is 11.3 Å². The zero-order valence-electron chi connectivity index (χ0n) is 9.58.